The van der Waals surface area contributed by atoms with E-state index in [1.165, 1.54) is 12.1 Å². The van der Waals surface area contributed by atoms with Gasteiger partial charge in [0.05, 0.1) is 23.3 Å². The SMILES string of the molecule is O=C1OC(c2ccc(Cl)c(F)c2)CCN1C1C=NN(c2ccncc2)C1. The minimum absolute atomic E-state index is 0.0517. The number of amides is 1. The highest BCUT2D eigenvalue weighted by atomic mass is 35.5. The lowest BCUT2D eigenvalue weighted by Crippen LogP contribution is -2.48. The quantitative estimate of drug-likeness (QED) is 0.823. The number of benzene rings is 1. The molecule has 2 aliphatic heterocycles. The molecule has 26 heavy (non-hydrogen) atoms. The van der Waals surface area contributed by atoms with E-state index in [0.717, 1.165) is 5.69 Å². The number of aromatic nitrogens is 1. The minimum atomic E-state index is -0.515. The van der Waals surface area contributed by atoms with E-state index in [4.69, 9.17) is 16.3 Å². The van der Waals surface area contributed by atoms with Crippen LogP contribution < -0.4 is 5.01 Å². The Bertz CT molecular complexity index is 848. The number of cyclic esters (lactones) is 1. The summed E-state index contributed by atoms with van der Waals surface area (Å²) in [5, 5.41) is 6.23. The molecule has 4 rings (SSSR count). The van der Waals surface area contributed by atoms with Gasteiger partial charge in [-0.25, -0.2) is 9.18 Å². The molecule has 1 saturated heterocycles. The van der Waals surface area contributed by atoms with Gasteiger partial charge in [-0.1, -0.05) is 17.7 Å². The van der Waals surface area contributed by atoms with E-state index in [9.17, 15) is 9.18 Å². The molecule has 2 aromatic rings. The molecular formula is C18H16ClFN4O2. The lowest BCUT2D eigenvalue weighted by Gasteiger charge is -2.34. The average Bonchev–Trinajstić information content (AvgIpc) is 3.14. The van der Waals surface area contributed by atoms with Crippen LogP contribution >= 0.6 is 11.6 Å². The zero-order valence-corrected chi connectivity index (χ0v) is 14.5. The molecule has 1 aromatic heterocycles. The fourth-order valence-corrected chi connectivity index (χ4v) is 3.26. The first-order valence-corrected chi connectivity index (χ1v) is 8.63. The van der Waals surface area contributed by atoms with Crippen LogP contribution in [0.15, 0.2) is 47.8 Å². The third-order valence-electron chi connectivity index (χ3n) is 4.52. The maximum Gasteiger partial charge on any atom is 0.410 e. The Balaban J connectivity index is 1.41. The summed E-state index contributed by atoms with van der Waals surface area (Å²) >= 11 is 5.71. The van der Waals surface area contributed by atoms with Crippen LogP contribution in [-0.4, -0.2) is 41.3 Å². The number of anilines is 1. The number of hydrogen-bond acceptors (Lipinski definition) is 5. The first-order valence-electron chi connectivity index (χ1n) is 8.25. The van der Waals surface area contributed by atoms with Gasteiger partial charge in [-0.05, 0) is 29.8 Å². The normalized spacial score (nSPS) is 22.6. The summed E-state index contributed by atoms with van der Waals surface area (Å²) in [7, 11) is 0. The first-order chi connectivity index (χ1) is 12.6. The highest BCUT2D eigenvalue weighted by Gasteiger charge is 2.35. The number of hydrazone groups is 1. The van der Waals surface area contributed by atoms with Crippen LogP contribution in [0.3, 0.4) is 0 Å². The fourth-order valence-electron chi connectivity index (χ4n) is 3.14. The van der Waals surface area contributed by atoms with Crippen molar-refractivity contribution in [2.24, 2.45) is 5.10 Å². The number of carbonyl (C=O) groups excluding carboxylic acids is 1. The van der Waals surface area contributed by atoms with Crippen LogP contribution in [0.2, 0.25) is 5.02 Å². The smallest absolute Gasteiger partial charge is 0.410 e. The van der Waals surface area contributed by atoms with Gasteiger partial charge in [-0.15, -0.1) is 0 Å². The molecule has 1 aromatic carbocycles. The van der Waals surface area contributed by atoms with E-state index in [-0.39, 0.29) is 11.1 Å². The molecule has 0 N–H and O–H groups in total. The van der Waals surface area contributed by atoms with Crippen molar-refractivity contribution in [3.63, 3.8) is 0 Å². The van der Waals surface area contributed by atoms with Gasteiger partial charge in [0.2, 0.25) is 0 Å². The van der Waals surface area contributed by atoms with Crippen molar-refractivity contribution in [1.29, 1.82) is 0 Å². The zero-order chi connectivity index (χ0) is 18.1. The summed E-state index contributed by atoms with van der Waals surface area (Å²) in [4.78, 5) is 18.1. The second-order valence-corrected chi connectivity index (χ2v) is 6.55. The second kappa shape index (κ2) is 6.92. The predicted molar refractivity (Wildman–Crippen MR) is 95.8 cm³/mol. The van der Waals surface area contributed by atoms with Crippen molar-refractivity contribution in [3.8, 4) is 0 Å². The zero-order valence-electron chi connectivity index (χ0n) is 13.8. The van der Waals surface area contributed by atoms with Crippen molar-refractivity contribution in [2.75, 3.05) is 18.1 Å². The Hall–Kier alpha value is -2.67. The van der Waals surface area contributed by atoms with Crippen molar-refractivity contribution in [3.05, 3.63) is 59.1 Å². The number of pyridine rings is 1. The summed E-state index contributed by atoms with van der Waals surface area (Å²) in [5.74, 6) is -0.515. The van der Waals surface area contributed by atoms with E-state index in [1.54, 1.807) is 29.6 Å². The highest BCUT2D eigenvalue weighted by Crippen LogP contribution is 2.30. The van der Waals surface area contributed by atoms with Crippen LogP contribution in [0.25, 0.3) is 0 Å². The lowest BCUT2D eigenvalue weighted by molar-refractivity contribution is 0.0201. The van der Waals surface area contributed by atoms with Gasteiger partial charge in [-0.3, -0.25) is 14.9 Å². The first kappa shape index (κ1) is 16.8. The van der Waals surface area contributed by atoms with Gasteiger partial charge >= 0.3 is 6.09 Å². The molecule has 1 amide bonds. The Morgan fingerprint density at radius 1 is 1.23 bits per heavy atom. The van der Waals surface area contributed by atoms with Gasteiger partial charge in [0.1, 0.15) is 11.9 Å². The number of rotatable bonds is 3. The van der Waals surface area contributed by atoms with E-state index >= 15 is 0 Å². The highest BCUT2D eigenvalue weighted by molar-refractivity contribution is 6.30. The van der Waals surface area contributed by atoms with Crippen molar-refractivity contribution in [1.82, 2.24) is 9.88 Å². The average molecular weight is 375 g/mol. The summed E-state index contributed by atoms with van der Waals surface area (Å²) in [6.07, 6.45) is 4.81. The second-order valence-electron chi connectivity index (χ2n) is 6.15. The predicted octanol–water partition coefficient (Wildman–Crippen LogP) is 3.63. The monoisotopic (exact) mass is 374 g/mol. The van der Waals surface area contributed by atoms with Gasteiger partial charge in [0, 0.05) is 31.6 Å². The molecule has 1 fully saturated rings. The van der Waals surface area contributed by atoms with Crippen LogP contribution in [-0.2, 0) is 4.74 Å². The van der Waals surface area contributed by atoms with E-state index in [0.29, 0.717) is 25.1 Å². The van der Waals surface area contributed by atoms with Crippen molar-refractivity contribution in [2.45, 2.75) is 18.6 Å². The van der Waals surface area contributed by atoms with Gasteiger partial charge in [-0.2, -0.15) is 5.10 Å². The number of halogens is 2. The van der Waals surface area contributed by atoms with Gasteiger partial charge < -0.3 is 4.74 Å². The molecule has 2 unspecified atom stereocenters. The molecule has 0 aliphatic carbocycles. The Morgan fingerprint density at radius 2 is 2.04 bits per heavy atom. The molecule has 0 saturated carbocycles. The molecule has 0 spiro atoms. The van der Waals surface area contributed by atoms with Crippen LogP contribution in [0.4, 0.5) is 14.9 Å². The molecule has 8 heteroatoms. The molecule has 3 heterocycles. The number of hydrogen-bond donors (Lipinski definition) is 0. The topological polar surface area (TPSA) is 58.0 Å². The van der Waals surface area contributed by atoms with Crippen molar-refractivity contribution < 1.29 is 13.9 Å². The lowest BCUT2D eigenvalue weighted by atomic mass is 10.0. The standard InChI is InChI=1S/C18H16ClFN4O2/c19-15-2-1-12(9-16(15)20)17-5-8-23(18(25)26-17)14-10-22-24(11-14)13-3-6-21-7-4-13/h1-4,6-7,9-10,14,17H,5,8,11H2. The van der Waals surface area contributed by atoms with E-state index in [1.807, 2.05) is 17.1 Å². The Labute approximate surface area is 154 Å². The summed E-state index contributed by atoms with van der Waals surface area (Å²) in [6.45, 7) is 1.06. The number of carbonyl (C=O) groups is 1. The maximum atomic E-state index is 13.6. The fraction of sp³-hybridized carbons (Fsp3) is 0.278. The molecule has 2 aliphatic rings. The Kier molecular flexibility index (Phi) is 4.46. The summed E-state index contributed by atoms with van der Waals surface area (Å²) < 4.78 is 19.2. The van der Waals surface area contributed by atoms with Gasteiger partial charge in [0.15, 0.2) is 0 Å². The van der Waals surface area contributed by atoms with E-state index < -0.39 is 18.0 Å². The molecule has 2 atom stereocenters. The largest absolute Gasteiger partial charge is 0.441 e. The third kappa shape index (κ3) is 3.22. The molecule has 6 nitrogen and oxygen atoms in total. The van der Waals surface area contributed by atoms with Crippen LogP contribution in [0.5, 0.6) is 0 Å². The van der Waals surface area contributed by atoms with E-state index in [2.05, 4.69) is 10.1 Å². The molecule has 0 bridgehead atoms. The summed E-state index contributed by atoms with van der Waals surface area (Å²) in [5.41, 5.74) is 1.53. The summed E-state index contributed by atoms with van der Waals surface area (Å²) in [6, 6.07) is 8.03. The van der Waals surface area contributed by atoms with Crippen LogP contribution in [0, 0.1) is 5.82 Å². The maximum absolute atomic E-state index is 13.6. The van der Waals surface area contributed by atoms with Crippen LogP contribution in [0.1, 0.15) is 18.1 Å². The molecule has 134 valence electrons. The Morgan fingerprint density at radius 3 is 2.77 bits per heavy atom. The van der Waals surface area contributed by atoms with Crippen molar-refractivity contribution >= 4 is 29.6 Å². The molecular weight excluding hydrogens is 359 g/mol. The molecule has 0 radical (unpaired) electrons. The third-order valence-corrected chi connectivity index (χ3v) is 4.83. The van der Waals surface area contributed by atoms with Gasteiger partial charge in [0.25, 0.3) is 0 Å². The minimum Gasteiger partial charge on any atom is -0.441 e. The number of nitrogens with zero attached hydrogens (tertiary/aromatic N) is 4. The number of ether oxygens (including phenoxy) is 1.